The Labute approximate surface area is 295 Å². The van der Waals surface area contributed by atoms with Crippen LogP contribution in [0.15, 0.2) is 170 Å². The molecule has 6 aromatic rings. The Morgan fingerprint density at radius 3 is 0.939 bits per heavy atom. The number of hydrogen-bond acceptors (Lipinski definition) is 6. The van der Waals surface area contributed by atoms with Gasteiger partial charge in [-0.2, -0.15) is 0 Å². The largest absolute Gasteiger partial charge is 2.00 e. The second-order valence-electron chi connectivity index (χ2n) is 10.7. The molecule has 7 heteroatoms. The number of ketones is 4. The maximum Gasteiger partial charge on any atom is 2.00 e. The third-order valence-corrected chi connectivity index (χ3v) is 7.10. The topological polar surface area (TPSA) is 86.7 Å². The van der Waals surface area contributed by atoms with Gasteiger partial charge in [0.05, 0.1) is 12.8 Å². The first kappa shape index (κ1) is 36.0. The van der Waals surface area contributed by atoms with Crippen LogP contribution in [0.2, 0.25) is 0 Å². The molecule has 0 bridgehead atoms. The van der Waals surface area contributed by atoms with Gasteiger partial charge in [0.15, 0.2) is 23.1 Å². The summed E-state index contributed by atoms with van der Waals surface area (Å²) in [7, 11) is 0. The van der Waals surface area contributed by atoms with Gasteiger partial charge in [-0.1, -0.05) is 121 Å². The molecule has 0 aliphatic heterocycles. The zero-order chi connectivity index (χ0) is 33.6. The van der Waals surface area contributed by atoms with Crippen LogP contribution in [0, 0.1) is 0 Å². The minimum atomic E-state index is -0.220. The second kappa shape index (κ2) is 18.5. The molecule has 0 saturated carbocycles. The molecule has 0 aromatic heterocycles. The number of rotatable bonds is 12. The van der Waals surface area contributed by atoms with E-state index in [2.05, 4.69) is 0 Å². The summed E-state index contributed by atoms with van der Waals surface area (Å²) in [5.74, 6) is 1.72. The van der Waals surface area contributed by atoms with Crippen LogP contribution >= 0.6 is 0 Å². The van der Waals surface area contributed by atoms with Crippen molar-refractivity contribution in [3.8, 4) is 23.0 Å². The number of hydrogen-bond donors (Lipinski definition) is 0. The van der Waals surface area contributed by atoms with E-state index in [1.165, 1.54) is 0 Å². The van der Waals surface area contributed by atoms with Crippen molar-refractivity contribution in [2.24, 2.45) is 0 Å². The van der Waals surface area contributed by atoms with Crippen LogP contribution in [0.5, 0.6) is 23.0 Å². The first-order valence-corrected chi connectivity index (χ1v) is 15.3. The summed E-state index contributed by atoms with van der Waals surface area (Å²) in [6.45, 7) is 0. The van der Waals surface area contributed by atoms with Crippen LogP contribution < -0.4 is 9.47 Å². The van der Waals surface area contributed by atoms with Crippen molar-refractivity contribution in [3.05, 3.63) is 192 Å². The van der Waals surface area contributed by atoms with Gasteiger partial charge in [0, 0.05) is 22.3 Å². The second-order valence-corrected chi connectivity index (χ2v) is 10.7. The molecule has 0 unspecified atom stereocenters. The van der Waals surface area contributed by atoms with Gasteiger partial charge >= 0.3 is 17.1 Å². The summed E-state index contributed by atoms with van der Waals surface area (Å²) in [4.78, 5) is 49.0. The minimum Gasteiger partial charge on any atom is -0.457 e. The molecule has 0 amide bonds. The Bertz CT molecular complexity index is 1830. The van der Waals surface area contributed by atoms with Crippen molar-refractivity contribution in [1.29, 1.82) is 0 Å². The van der Waals surface area contributed by atoms with Gasteiger partial charge in [0.25, 0.3) is 0 Å². The maximum absolute atomic E-state index is 12.4. The van der Waals surface area contributed by atoms with E-state index in [-0.39, 0.29) is 53.0 Å². The SMILES string of the molecule is O=C(CC(=O)c1cccc(Oc2ccccc2)c1)c1ccccc1.O=C(CC(=O)c1cccc(Oc2ccccc2)c1)c1ccccc1.[Cu+2]. The molecule has 0 aliphatic carbocycles. The Morgan fingerprint density at radius 2 is 0.592 bits per heavy atom. The first-order chi connectivity index (χ1) is 23.4. The molecule has 0 N–H and O–H groups in total. The summed E-state index contributed by atoms with van der Waals surface area (Å²) in [6, 6.07) is 50.1. The molecule has 1 radical (unpaired) electrons. The normalized spacial score (nSPS) is 9.96. The third-order valence-electron chi connectivity index (χ3n) is 7.10. The van der Waals surface area contributed by atoms with E-state index in [1.807, 2.05) is 72.8 Å². The molecule has 0 spiro atoms. The fourth-order valence-electron chi connectivity index (χ4n) is 4.66. The molecule has 0 heterocycles. The van der Waals surface area contributed by atoms with Crippen molar-refractivity contribution in [3.63, 3.8) is 0 Å². The van der Waals surface area contributed by atoms with E-state index in [4.69, 9.17) is 9.47 Å². The minimum absolute atomic E-state index is 0. The zero-order valence-electron chi connectivity index (χ0n) is 26.3. The molecule has 0 saturated heterocycles. The summed E-state index contributed by atoms with van der Waals surface area (Å²) in [5, 5.41) is 0. The van der Waals surface area contributed by atoms with E-state index in [0.29, 0.717) is 45.3 Å². The first-order valence-electron chi connectivity index (χ1n) is 15.3. The zero-order valence-corrected chi connectivity index (χ0v) is 27.3. The summed E-state index contributed by atoms with van der Waals surface area (Å²) < 4.78 is 11.4. The van der Waals surface area contributed by atoms with Crippen LogP contribution in [0.4, 0.5) is 0 Å². The monoisotopic (exact) mass is 695 g/mol. The van der Waals surface area contributed by atoms with Crippen LogP contribution in [0.1, 0.15) is 54.3 Å². The molecule has 49 heavy (non-hydrogen) atoms. The van der Waals surface area contributed by atoms with Gasteiger partial charge in [-0.15, -0.1) is 0 Å². The van der Waals surface area contributed by atoms with Crippen molar-refractivity contribution in [1.82, 2.24) is 0 Å². The number of carbonyl (C=O) groups excluding carboxylic acids is 4. The van der Waals surface area contributed by atoms with E-state index in [1.54, 1.807) is 97.1 Å². The Balaban J connectivity index is 0.000000216. The molecule has 6 aromatic carbocycles. The maximum atomic E-state index is 12.4. The van der Waals surface area contributed by atoms with Gasteiger partial charge in [0.2, 0.25) is 0 Å². The number of benzene rings is 6. The number of para-hydroxylation sites is 2. The van der Waals surface area contributed by atoms with E-state index in [9.17, 15) is 19.2 Å². The molecule has 0 aliphatic rings. The molecular weight excluding hydrogens is 664 g/mol. The Morgan fingerprint density at radius 1 is 0.327 bits per heavy atom. The van der Waals surface area contributed by atoms with Crippen molar-refractivity contribution < 1.29 is 45.7 Å². The Hall–Kier alpha value is -5.88. The predicted octanol–water partition coefficient (Wildman–Crippen LogP) is 9.87. The quantitative estimate of drug-likeness (QED) is 0.0720. The van der Waals surface area contributed by atoms with Gasteiger partial charge < -0.3 is 9.47 Å². The Kier molecular flexibility index (Phi) is 13.5. The fraction of sp³-hybridized carbons (Fsp3) is 0.0476. The summed E-state index contributed by atoms with van der Waals surface area (Å²) in [5.41, 5.74) is 2.02. The third kappa shape index (κ3) is 11.1. The number of Topliss-reactive ketones (excluding diaryl/α,β-unsaturated/α-hetero) is 4. The van der Waals surface area contributed by atoms with Gasteiger partial charge in [-0.25, -0.2) is 0 Å². The number of ether oxygens (including phenoxy) is 2. The van der Waals surface area contributed by atoms with Gasteiger partial charge in [-0.05, 0) is 48.5 Å². The predicted molar refractivity (Wildman–Crippen MR) is 185 cm³/mol. The number of carbonyl (C=O) groups is 4. The van der Waals surface area contributed by atoms with Crippen LogP contribution in [-0.4, -0.2) is 23.1 Å². The molecule has 6 rings (SSSR count). The van der Waals surface area contributed by atoms with E-state index < -0.39 is 0 Å². The van der Waals surface area contributed by atoms with Crippen LogP contribution in [0.25, 0.3) is 0 Å². The fourth-order valence-corrected chi connectivity index (χ4v) is 4.66. The van der Waals surface area contributed by atoms with E-state index >= 15 is 0 Å². The summed E-state index contributed by atoms with van der Waals surface area (Å²) in [6.07, 6.45) is -0.308. The molecule has 6 nitrogen and oxygen atoms in total. The standard InChI is InChI=1S/2C21H16O3.Cu/c2*22-20(16-8-3-1-4-9-16)15-21(23)17-10-7-13-19(14-17)24-18-11-5-2-6-12-18;/h2*1-14H,15H2;/q;;+2. The smallest absolute Gasteiger partial charge is 0.457 e. The summed E-state index contributed by atoms with van der Waals surface area (Å²) >= 11 is 0. The van der Waals surface area contributed by atoms with Crippen molar-refractivity contribution >= 4 is 23.1 Å². The van der Waals surface area contributed by atoms with Crippen molar-refractivity contribution in [2.45, 2.75) is 12.8 Å². The molecule has 245 valence electrons. The van der Waals surface area contributed by atoms with Crippen LogP contribution in [0.3, 0.4) is 0 Å². The van der Waals surface area contributed by atoms with Gasteiger partial charge in [-0.3, -0.25) is 19.2 Å². The molecular formula is C42H32CuO6+2. The molecule has 0 atom stereocenters. The van der Waals surface area contributed by atoms with E-state index in [0.717, 1.165) is 0 Å². The average Bonchev–Trinajstić information content (AvgIpc) is 3.13. The van der Waals surface area contributed by atoms with Crippen molar-refractivity contribution in [2.75, 3.05) is 0 Å². The molecule has 0 fully saturated rings. The average molecular weight is 696 g/mol. The van der Waals surface area contributed by atoms with Crippen LogP contribution in [-0.2, 0) is 17.1 Å². The van der Waals surface area contributed by atoms with Gasteiger partial charge in [0.1, 0.15) is 23.0 Å².